The Balaban J connectivity index is 0.00000137. The molecular weight excluding hydrogens is 470 g/mol. The number of piperidine rings is 1. The van der Waals surface area contributed by atoms with Crippen molar-refractivity contribution in [3.63, 3.8) is 0 Å². The number of imidazole rings is 1. The number of aryl methyl sites for hydroxylation is 1. The Bertz CT molecular complexity index is 1410. The Morgan fingerprint density at radius 2 is 1.95 bits per heavy atom. The summed E-state index contributed by atoms with van der Waals surface area (Å²) in [6, 6.07) is 10.1. The predicted octanol–water partition coefficient (Wildman–Crippen LogP) is 3.27. The summed E-state index contributed by atoms with van der Waals surface area (Å²) in [4.78, 5) is 15.9. The molecule has 1 aromatic carbocycles. The second-order valence-electron chi connectivity index (χ2n) is 9.18. The molecule has 1 aliphatic carbocycles. The molecule has 12 nitrogen and oxygen atoms in total. The maximum absolute atomic E-state index is 8.46. The number of nitrogens with two attached hydrogens (primary N) is 1. The van der Waals surface area contributed by atoms with E-state index in [1.54, 1.807) is 6.33 Å². The zero-order valence-corrected chi connectivity index (χ0v) is 20.7. The fourth-order valence-electron chi connectivity index (χ4n) is 4.72. The Morgan fingerprint density at radius 3 is 2.68 bits per heavy atom. The first-order valence-corrected chi connectivity index (χ1v) is 12.4. The van der Waals surface area contributed by atoms with Crippen molar-refractivity contribution in [2.24, 2.45) is 11.8 Å². The molecule has 1 saturated heterocycles. The Kier molecular flexibility index (Phi) is 6.93. The quantitative estimate of drug-likeness (QED) is 0.152. The van der Waals surface area contributed by atoms with Gasteiger partial charge in [0.25, 0.3) is 0 Å². The van der Waals surface area contributed by atoms with Crippen molar-refractivity contribution in [3.05, 3.63) is 49.1 Å². The van der Waals surface area contributed by atoms with Crippen molar-refractivity contribution in [1.29, 1.82) is 10.8 Å². The summed E-state index contributed by atoms with van der Waals surface area (Å²) in [5.74, 6) is 6.44. The molecule has 0 spiro atoms. The number of rotatable bonds is 6. The van der Waals surface area contributed by atoms with E-state index in [1.165, 1.54) is 0 Å². The van der Waals surface area contributed by atoms with Crippen molar-refractivity contribution in [1.82, 2.24) is 34.2 Å². The largest absolute Gasteiger partial charge is 0.364 e. The molecule has 0 radical (unpaired) electrons. The molecule has 6 N–H and O–H groups in total. The molecule has 0 amide bonds. The standard InChI is InChI=1S/C25H28N10.H3NO/c1-2-33-24(17-12-30-35(13-17)19-6-4-3-5-7-19)32-21-23(28-15-29-25(21)33)31-18-10-11-20(26)34(14-18)22(27)16-8-9-16;1-2/h3-7,12-13,15-16,18,26-27H,2,8-11,14H2,1H3,(H,28,29,31);2H,1H2. The van der Waals surface area contributed by atoms with Gasteiger partial charge >= 0.3 is 0 Å². The van der Waals surface area contributed by atoms with E-state index in [1.807, 2.05) is 52.3 Å². The number of hydrogen-bond acceptors (Lipinski definition) is 9. The van der Waals surface area contributed by atoms with E-state index in [2.05, 4.69) is 37.8 Å². The van der Waals surface area contributed by atoms with Gasteiger partial charge in [-0.3, -0.25) is 10.8 Å². The number of hydrogen-bond donors (Lipinski definition) is 5. The lowest BCUT2D eigenvalue weighted by atomic mass is 10.0. The van der Waals surface area contributed by atoms with E-state index in [4.69, 9.17) is 21.0 Å². The molecule has 1 atom stereocenters. The van der Waals surface area contributed by atoms with Gasteiger partial charge in [-0.15, -0.1) is 0 Å². The summed E-state index contributed by atoms with van der Waals surface area (Å²) < 4.78 is 3.93. The highest BCUT2D eigenvalue weighted by Gasteiger charge is 2.35. The molecule has 1 unspecified atom stereocenters. The van der Waals surface area contributed by atoms with E-state index in [0.717, 1.165) is 47.5 Å². The second kappa shape index (κ2) is 10.4. The normalized spacial score (nSPS) is 17.4. The van der Waals surface area contributed by atoms with Gasteiger partial charge in [0.2, 0.25) is 0 Å². The monoisotopic (exact) mass is 501 g/mol. The lowest BCUT2D eigenvalue weighted by molar-refractivity contribution is 0.311. The molecule has 4 aromatic rings. The smallest absolute Gasteiger partial charge is 0.165 e. The predicted molar refractivity (Wildman–Crippen MR) is 141 cm³/mol. The van der Waals surface area contributed by atoms with E-state index < -0.39 is 0 Å². The molecule has 6 rings (SSSR count). The molecule has 192 valence electrons. The van der Waals surface area contributed by atoms with E-state index >= 15 is 0 Å². The number of fused-ring (bicyclic) bond motifs is 1. The summed E-state index contributed by atoms with van der Waals surface area (Å²) in [7, 11) is 0. The molecule has 2 fully saturated rings. The minimum atomic E-state index is 0.0809. The lowest BCUT2D eigenvalue weighted by Gasteiger charge is -2.35. The molecule has 2 aliphatic rings. The first-order valence-electron chi connectivity index (χ1n) is 12.4. The molecule has 1 saturated carbocycles. The van der Waals surface area contributed by atoms with Gasteiger partial charge in [0, 0.05) is 37.7 Å². The molecule has 0 bridgehead atoms. The SMILES string of the molecule is CCn1c(-c2cnn(-c3ccccc3)c2)nc2c(NC3CCC(=N)N(C(=N)C4CC4)C3)ncnc21.NO. The zero-order chi connectivity index (χ0) is 25.9. The van der Waals surface area contributed by atoms with Crippen LogP contribution in [0.5, 0.6) is 0 Å². The number of likely N-dealkylation sites (tertiary alicyclic amines) is 1. The van der Waals surface area contributed by atoms with Crippen molar-refractivity contribution in [2.45, 2.75) is 45.2 Å². The fraction of sp³-hybridized carbons (Fsp3) is 0.360. The summed E-state index contributed by atoms with van der Waals surface area (Å²) in [5.41, 5.74) is 3.40. The van der Waals surface area contributed by atoms with E-state index in [-0.39, 0.29) is 6.04 Å². The van der Waals surface area contributed by atoms with Crippen molar-refractivity contribution < 1.29 is 5.21 Å². The number of nitrogens with one attached hydrogen (secondary N) is 3. The number of benzene rings is 1. The molecule has 1 aliphatic heterocycles. The summed E-state index contributed by atoms with van der Waals surface area (Å²) in [5, 5.41) is 31.4. The van der Waals surface area contributed by atoms with Crippen LogP contribution < -0.4 is 11.2 Å². The Labute approximate surface area is 214 Å². The molecule has 3 aromatic heterocycles. The number of aromatic nitrogens is 6. The van der Waals surface area contributed by atoms with Gasteiger partial charge in [-0.1, -0.05) is 18.2 Å². The topological polar surface area (TPSA) is 171 Å². The maximum Gasteiger partial charge on any atom is 0.165 e. The third-order valence-electron chi connectivity index (χ3n) is 6.76. The number of amidine groups is 2. The number of para-hydroxylation sites is 1. The maximum atomic E-state index is 8.46. The zero-order valence-electron chi connectivity index (χ0n) is 20.7. The molecule has 4 heterocycles. The summed E-state index contributed by atoms with van der Waals surface area (Å²) in [6.45, 7) is 3.39. The van der Waals surface area contributed by atoms with Crippen LogP contribution in [0.25, 0.3) is 28.2 Å². The van der Waals surface area contributed by atoms with Gasteiger partial charge in [0.15, 0.2) is 17.0 Å². The van der Waals surface area contributed by atoms with Gasteiger partial charge in [-0.2, -0.15) is 5.10 Å². The minimum Gasteiger partial charge on any atom is -0.364 e. The summed E-state index contributed by atoms with van der Waals surface area (Å²) in [6.07, 6.45) is 8.98. The van der Waals surface area contributed by atoms with Crippen LogP contribution in [0, 0.1) is 16.7 Å². The average Bonchev–Trinajstić information content (AvgIpc) is 3.55. The van der Waals surface area contributed by atoms with Crippen LogP contribution in [0.4, 0.5) is 5.82 Å². The van der Waals surface area contributed by atoms with Gasteiger partial charge in [0.05, 0.1) is 17.4 Å². The number of anilines is 1. The van der Waals surface area contributed by atoms with Crippen LogP contribution >= 0.6 is 0 Å². The third kappa shape index (κ3) is 4.80. The van der Waals surface area contributed by atoms with E-state index in [9.17, 15) is 0 Å². The second-order valence-corrected chi connectivity index (χ2v) is 9.18. The van der Waals surface area contributed by atoms with Gasteiger partial charge in [-0.05, 0) is 38.3 Å². The summed E-state index contributed by atoms with van der Waals surface area (Å²) >= 11 is 0. The van der Waals surface area contributed by atoms with Crippen LogP contribution in [-0.4, -0.2) is 63.7 Å². The average molecular weight is 502 g/mol. The van der Waals surface area contributed by atoms with Crippen LogP contribution in [0.2, 0.25) is 0 Å². The Hall–Kier alpha value is -4.16. The van der Waals surface area contributed by atoms with Crippen LogP contribution in [0.1, 0.15) is 32.6 Å². The van der Waals surface area contributed by atoms with Crippen molar-refractivity contribution in [2.75, 3.05) is 11.9 Å². The van der Waals surface area contributed by atoms with Gasteiger partial charge in [0.1, 0.15) is 23.8 Å². The minimum absolute atomic E-state index is 0.0809. The first-order chi connectivity index (χ1) is 18.1. The van der Waals surface area contributed by atoms with Crippen molar-refractivity contribution in [3.8, 4) is 17.1 Å². The van der Waals surface area contributed by atoms with E-state index in [0.29, 0.717) is 42.9 Å². The Morgan fingerprint density at radius 1 is 1.16 bits per heavy atom. The van der Waals surface area contributed by atoms with Crippen LogP contribution in [-0.2, 0) is 6.54 Å². The molecular formula is C25H31N11O. The van der Waals surface area contributed by atoms with Crippen LogP contribution in [0.3, 0.4) is 0 Å². The fourth-order valence-corrected chi connectivity index (χ4v) is 4.72. The van der Waals surface area contributed by atoms with Gasteiger partial charge in [-0.25, -0.2) is 25.5 Å². The lowest BCUT2D eigenvalue weighted by Crippen LogP contribution is -2.48. The molecule has 37 heavy (non-hydrogen) atoms. The van der Waals surface area contributed by atoms with Crippen molar-refractivity contribution >= 4 is 28.7 Å². The highest BCUT2D eigenvalue weighted by molar-refractivity contribution is 6.00. The highest BCUT2D eigenvalue weighted by atomic mass is 16.4. The molecule has 12 heteroatoms. The van der Waals surface area contributed by atoms with Crippen LogP contribution in [0.15, 0.2) is 49.1 Å². The first kappa shape index (κ1) is 24.5. The number of nitrogens with zero attached hydrogens (tertiary/aromatic N) is 7. The van der Waals surface area contributed by atoms with Gasteiger partial charge < -0.3 is 20.0 Å². The third-order valence-corrected chi connectivity index (χ3v) is 6.76. The highest BCUT2D eigenvalue weighted by Crippen LogP contribution is 2.33.